The molecule has 1 aliphatic heterocycles. The minimum Gasteiger partial charge on any atom is -0.497 e. The van der Waals surface area contributed by atoms with Gasteiger partial charge >= 0.3 is 0 Å². The molecule has 0 aliphatic carbocycles. The molecule has 2 unspecified atom stereocenters. The predicted octanol–water partition coefficient (Wildman–Crippen LogP) is 1.93. The van der Waals surface area contributed by atoms with E-state index in [1.165, 1.54) is 0 Å². The molecule has 0 radical (unpaired) electrons. The topological polar surface area (TPSA) is 64.6 Å². The van der Waals surface area contributed by atoms with E-state index in [1.807, 2.05) is 32.0 Å². The van der Waals surface area contributed by atoms with Crippen molar-refractivity contribution in [3.05, 3.63) is 23.8 Å². The molecule has 1 heterocycles. The van der Waals surface area contributed by atoms with Crippen LogP contribution in [-0.2, 0) is 9.84 Å². The van der Waals surface area contributed by atoms with Crippen LogP contribution in [0.3, 0.4) is 0 Å². The minimum atomic E-state index is -2.93. The van der Waals surface area contributed by atoms with E-state index in [2.05, 4.69) is 5.32 Å². The molecule has 2 atom stereocenters. The Morgan fingerprint density at radius 1 is 1.29 bits per heavy atom. The molecule has 0 aromatic heterocycles. The molecule has 1 N–H and O–H groups in total. The highest BCUT2D eigenvalue weighted by Gasteiger charge is 2.39. The van der Waals surface area contributed by atoms with Gasteiger partial charge in [0.15, 0.2) is 9.84 Å². The molecule has 5 nitrogen and oxygen atoms in total. The van der Waals surface area contributed by atoms with Crippen molar-refractivity contribution in [3.63, 3.8) is 0 Å². The summed E-state index contributed by atoms with van der Waals surface area (Å²) in [6, 6.07) is 5.59. The SMILES string of the molecule is COc1ccc(OC)c(C(C)NC2(C)CCS(=O)(=O)C2)c1. The number of sulfone groups is 1. The lowest BCUT2D eigenvalue weighted by Gasteiger charge is -2.29. The van der Waals surface area contributed by atoms with Crippen LogP contribution in [0.15, 0.2) is 18.2 Å². The van der Waals surface area contributed by atoms with Gasteiger partial charge in [0.05, 0.1) is 25.7 Å². The number of methoxy groups -OCH3 is 2. The fourth-order valence-electron chi connectivity index (χ4n) is 2.90. The van der Waals surface area contributed by atoms with Crippen LogP contribution in [0.4, 0.5) is 0 Å². The summed E-state index contributed by atoms with van der Waals surface area (Å²) in [7, 11) is 0.316. The van der Waals surface area contributed by atoms with Crippen molar-refractivity contribution in [2.75, 3.05) is 25.7 Å². The van der Waals surface area contributed by atoms with Crippen LogP contribution in [0, 0.1) is 0 Å². The maximum atomic E-state index is 11.7. The molecule has 2 rings (SSSR count). The quantitative estimate of drug-likeness (QED) is 0.900. The summed E-state index contributed by atoms with van der Waals surface area (Å²) >= 11 is 0. The second-order valence-electron chi connectivity index (χ2n) is 5.88. The van der Waals surface area contributed by atoms with Gasteiger partial charge in [-0.3, -0.25) is 0 Å². The number of hydrogen-bond acceptors (Lipinski definition) is 5. The monoisotopic (exact) mass is 313 g/mol. The van der Waals surface area contributed by atoms with Gasteiger partial charge in [-0.15, -0.1) is 0 Å². The highest BCUT2D eigenvalue weighted by molar-refractivity contribution is 7.91. The largest absolute Gasteiger partial charge is 0.497 e. The van der Waals surface area contributed by atoms with Crippen molar-refractivity contribution in [2.45, 2.75) is 31.8 Å². The van der Waals surface area contributed by atoms with Crippen molar-refractivity contribution in [1.29, 1.82) is 0 Å². The van der Waals surface area contributed by atoms with E-state index in [4.69, 9.17) is 9.47 Å². The second kappa shape index (κ2) is 5.85. The highest BCUT2D eigenvalue weighted by Crippen LogP contribution is 2.32. The normalized spacial score (nSPS) is 25.5. The van der Waals surface area contributed by atoms with Crippen molar-refractivity contribution < 1.29 is 17.9 Å². The Kier molecular flexibility index (Phi) is 4.49. The highest BCUT2D eigenvalue weighted by atomic mass is 32.2. The van der Waals surface area contributed by atoms with Crippen LogP contribution in [0.1, 0.15) is 31.9 Å². The standard InChI is InChI=1S/C15H23NO4S/c1-11(16-15(2)7-8-21(17,18)10-15)13-9-12(19-3)5-6-14(13)20-4/h5-6,9,11,16H,7-8,10H2,1-4H3. The van der Waals surface area contributed by atoms with E-state index < -0.39 is 15.4 Å². The zero-order chi connectivity index (χ0) is 15.7. The molecule has 0 spiro atoms. The van der Waals surface area contributed by atoms with Gasteiger partial charge in [-0.2, -0.15) is 0 Å². The molecule has 1 saturated heterocycles. The van der Waals surface area contributed by atoms with E-state index in [1.54, 1.807) is 14.2 Å². The zero-order valence-corrected chi connectivity index (χ0v) is 13.8. The van der Waals surface area contributed by atoms with Gasteiger partial charge in [-0.25, -0.2) is 8.42 Å². The van der Waals surface area contributed by atoms with E-state index in [0.717, 1.165) is 17.1 Å². The maximum Gasteiger partial charge on any atom is 0.152 e. The first-order valence-electron chi connectivity index (χ1n) is 6.99. The minimum absolute atomic E-state index is 0.0339. The summed E-state index contributed by atoms with van der Waals surface area (Å²) in [6.07, 6.45) is 0.631. The first kappa shape index (κ1) is 16.1. The molecular formula is C15H23NO4S. The third kappa shape index (κ3) is 3.68. The van der Waals surface area contributed by atoms with Gasteiger partial charge in [-0.1, -0.05) is 0 Å². The van der Waals surface area contributed by atoms with Crippen LogP contribution >= 0.6 is 0 Å². The van der Waals surface area contributed by atoms with Crippen LogP contribution < -0.4 is 14.8 Å². The fourth-order valence-corrected chi connectivity index (χ4v) is 5.01. The summed E-state index contributed by atoms with van der Waals surface area (Å²) < 4.78 is 34.1. The first-order valence-corrected chi connectivity index (χ1v) is 8.81. The number of nitrogens with one attached hydrogen (secondary N) is 1. The van der Waals surface area contributed by atoms with Gasteiger partial charge in [-0.05, 0) is 38.5 Å². The van der Waals surface area contributed by atoms with Crippen molar-refractivity contribution in [2.24, 2.45) is 0 Å². The molecule has 0 bridgehead atoms. The van der Waals surface area contributed by atoms with Gasteiger partial charge in [0.1, 0.15) is 11.5 Å². The molecule has 21 heavy (non-hydrogen) atoms. The lowest BCUT2D eigenvalue weighted by Crippen LogP contribution is -2.44. The van der Waals surface area contributed by atoms with E-state index in [0.29, 0.717) is 6.42 Å². The van der Waals surface area contributed by atoms with Crippen LogP contribution in [0.25, 0.3) is 0 Å². The molecule has 6 heteroatoms. The van der Waals surface area contributed by atoms with Crippen molar-refractivity contribution in [3.8, 4) is 11.5 Å². The Bertz CT molecular complexity index is 614. The number of rotatable bonds is 5. The van der Waals surface area contributed by atoms with Gasteiger partial charge < -0.3 is 14.8 Å². The average Bonchev–Trinajstić information content (AvgIpc) is 2.71. The second-order valence-corrected chi connectivity index (χ2v) is 8.06. The van der Waals surface area contributed by atoms with Gasteiger partial charge in [0, 0.05) is 17.1 Å². The molecule has 1 aliphatic rings. The lowest BCUT2D eigenvalue weighted by molar-refractivity contribution is 0.341. The van der Waals surface area contributed by atoms with Crippen LogP contribution in [0.5, 0.6) is 11.5 Å². The summed E-state index contributed by atoms with van der Waals surface area (Å²) in [5.41, 5.74) is 0.564. The van der Waals surface area contributed by atoms with Crippen LogP contribution in [0.2, 0.25) is 0 Å². The lowest BCUT2D eigenvalue weighted by atomic mass is 9.98. The maximum absolute atomic E-state index is 11.7. The number of benzene rings is 1. The van der Waals surface area contributed by atoms with Crippen LogP contribution in [-0.4, -0.2) is 39.7 Å². The summed E-state index contributed by atoms with van der Waals surface area (Å²) in [4.78, 5) is 0. The zero-order valence-electron chi connectivity index (χ0n) is 13.0. The average molecular weight is 313 g/mol. The van der Waals surface area contributed by atoms with E-state index in [9.17, 15) is 8.42 Å². The Morgan fingerprint density at radius 2 is 2.00 bits per heavy atom. The predicted molar refractivity (Wildman–Crippen MR) is 82.8 cm³/mol. The third-order valence-electron chi connectivity index (χ3n) is 3.97. The van der Waals surface area contributed by atoms with Gasteiger partial charge in [0.25, 0.3) is 0 Å². The molecule has 0 saturated carbocycles. The fraction of sp³-hybridized carbons (Fsp3) is 0.600. The Labute approximate surface area is 126 Å². The molecular weight excluding hydrogens is 290 g/mol. The number of ether oxygens (including phenoxy) is 2. The smallest absolute Gasteiger partial charge is 0.152 e. The van der Waals surface area contributed by atoms with Gasteiger partial charge in [0.2, 0.25) is 0 Å². The molecule has 1 fully saturated rings. The van der Waals surface area contributed by atoms with E-state index in [-0.39, 0.29) is 17.5 Å². The first-order chi connectivity index (χ1) is 9.78. The molecule has 0 amide bonds. The molecule has 1 aromatic rings. The summed E-state index contributed by atoms with van der Waals surface area (Å²) in [5.74, 6) is 1.94. The van der Waals surface area contributed by atoms with Crippen molar-refractivity contribution in [1.82, 2.24) is 5.32 Å². The Hall–Kier alpha value is -1.27. The number of hydrogen-bond donors (Lipinski definition) is 1. The Balaban J connectivity index is 2.22. The van der Waals surface area contributed by atoms with E-state index >= 15 is 0 Å². The summed E-state index contributed by atoms with van der Waals surface area (Å²) in [6.45, 7) is 3.97. The molecule has 1 aromatic carbocycles. The molecule has 118 valence electrons. The van der Waals surface area contributed by atoms with Crippen molar-refractivity contribution >= 4 is 9.84 Å². The summed E-state index contributed by atoms with van der Waals surface area (Å²) in [5, 5.41) is 3.44. The third-order valence-corrected chi connectivity index (χ3v) is 5.87. The Morgan fingerprint density at radius 3 is 2.52 bits per heavy atom.